The zero-order valence-electron chi connectivity index (χ0n) is 11.1. The van der Waals surface area contributed by atoms with E-state index in [1.54, 1.807) is 18.2 Å². The third kappa shape index (κ3) is 1.67. The van der Waals surface area contributed by atoms with Crippen LogP contribution in [-0.4, -0.2) is 23.4 Å². The zero-order chi connectivity index (χ0) is 14.3. The molecule has 0 fully saturated rings. The van der Waals surface area contributed by atoms with Crippen LogP contribution in [0.25, 0.3) is 10.8 Å². The summed E-state index contributed by atoms with van der Waals surface area (Å²) in [4.78, 5) is 24.2. The average molecular weight is 269 g/mol. The van der Waals surface area contributed by atoms with Crippen LogP contribution in [0.3, 0.4) is 0 Å². The van der Waals surface area contributed by atoms with Gasteiger partial charge in [-0.05, 0) is 24.6 Å². The maximum Gasteiger partial charge on any atom is 0.275 e. The van der Waals surface area contributed by atoms with E-state index in [-0.39, 0.29) is 0 Å². The monoisotopic (exact) mass is 269 g/mol. The smallest absolute Gasteiger partial charge is 0.275 e. The molecule has 2 aromatic carbocycles. The molecule has 0 bridgehead atoms. The number of nitrogens with one attached hydrogen (secondary N) is 1. The normalized spacial score (nSPS) is 14.0. The minimum Gasteiger partial charge on any atom is -0.385 e. The lowest BCUT2D eigenvalue weighted by molar-refractivity contribution is 0.0610. The van der Waals surface area contributed by atoms with E-state index >= 15 is 0 Å². The Labute approximate surface area is 116 Å². The molecule has 3 rings (SSSR count). The maximum absolute atomic E-state index is 12.1. The topological polar surface area (TPSA) is 75.4 Å². The predicted molar refractivity (Wildman–Crippen MR) is 77.4 cm³/mol. The summed E-state index contributed by atoms with van der Waals surface area (Å²) in [6.45, 7) is 2.92. The quantitative estimate of drug-likeness (QED) is 0.508. The molecular weight excluding hydrogens is 254 g/mol. The number of nitrogens with two attached hydrogens (primary N) is 1. The zero-order valence-corrected chi connectivity index (χ0v) is 11.1. The van der Waals surface area contributed by atoms with Gasteiger partial charge in [0.25, 0.3) is 11.8 Å². The second-order valence-corrected chi connectivity index (χ2v) is 4.80. The largest absolute Gasteiger partial charge is 0.385 e. The lowest BCUT2D eigenvalue weighted by Crippen LogP contribution is -2.45. The lowest BCUT2D eigenvalue weighted by atomic mass is 9.94. The molecule has 0 saturated heterocycles. The molecule has 0 unspecified atom stereocenters. The summed E-state index contributed by atoms with van der Waals surface area (Å²) >= 11 is 0. The van der Waals surface area contributed by atoms with Crippen molar-refractivity contribution in [2.45, 2.75) is 13.3 Å². The van der Waals surface area contributed by atoms with Gasteiger partial charge in [0.1, 0.15) is 0 Å². The van der Waals surface area contributed by atoms with Crippen LogP contribution >= 0.6 is 0 Å². The van der Waals surface area contributed by atoms with E-state index in [2.05, 4.69) is 12.2 Å². The van der Waals surface area contributed by atoms with E-state index in [1.807, 2.05) is 12.1 Å². The van der Waals surface area contributed by atoms with Gasteiger partial charge in [0.05, 0.1) is 11.1 Å². The first-order valence-electron chi connectivity index (χ1n) is 6.58. The molecule has 1 heterocycles. The first kappa shape index (κ1) is 12.6. The highest BCUT2D eigenvalue weighted by molar-refractivity contribution is 6.26. The minimum absolute atomic E-state index is 0.458. The van der Waals surface area contributed by atoms with Crippen LogP contribution in [-0.2, 0) is 0 Å². The molecule has 0 aliphatic carbocycles. The third-order valence-electron chi connectivity index (χ3n) is 3.50. The number of carbonyl (C=O) groups excluding carboxylic acids is 2. The van der Waals surface area contributed by atoms with Crippen molar-refractivity contribution in [3.05, 3.63) is 41.5 Å². The number of hydrogen-bond acceptors (Lipinski definition) is 4. The van der Waals surface area contributed by atoms with E-state index in [1.165, 1.54) is 0 Å². The first-order valence-corrected chi connectivity index (χ1v) is 6.58. The molecule has 3 N–H and O–H groups in total. The lowest BCUT2D eigenvalue weighted by Gasteiger charge is -2.24. The van der Waals surface area contributed by atoms with Crippen LogP contribution in [0.5, 0.6) is 0 Å². The Bertz CT molecular complexity index is 702. The fourth-order valence-electron chi connectivity index (χ4n) is 2.53. The Hall–Kier alpha value is -2.40. The molecule has 1 aliphatic rings. The van der Waals surface area contributed by atoms with E-state index in [9.17, 15) is 9.59 Å². The number of imide groups is 1. The van der Waals surface area contributed by atoms with Crippen molar-refractivity contribution < 1.29 is 9.59 Å². The molecule has 20 heavy (non-hydrogen) atoms. The summed E-state index contributed by atoms with van der Waals surface area (Å²) < 4.78 is 0. The molecule has 0 saturated carbocycles. The number of hydrazine groups is 1. The second-order valence-electron chi connectivity index (χ2n) is 4.80. The molecule has 102 valence electrons. The van der Waals surface area contributed by atoms with E-state index in [0.29, 0.717) is 21.5 Å². The van der Waals surface area contributed by atoms with Crippen LogP contribution in [0.2, 0.25) is 0 Å². The van der Waals surface area contributed by atoms with Gasteiger partial charge in [-0.15, -0.1) is 0 Å². The number of amides is 2. The van der Waals surface area contributed by atoms with Gasteiger partial charge in [-0.25, -0.2) is 10.9 Å². The first-order chi connectivity index (χ1) is 9.65. The van der Waals surface area contributed by atoms with E-state index in [4.69, 9.17) is 5.84 Å². The fourth-order valence-corrected chi connectivity index (χ4v) is 2.53. The molecule has 0 spiro atoms. The van der Waals surface area contributed by atoms with Crippen LogP contribution in [0.1, 0.15) is 34.1 Å². The Morgan fingerprint density at radius 2 is 1.80 bits per heavy atom. The maximum atomic E-state index is 12.1. The fraction of sp³-hybridized carbons (Fsp3) is 0.200. The van der Waals surface area contributed by atoms with Gasteiger partial charge < -0.3 is 5.32 Å². The highest BCUT2D eigenvalue weighted by Crippen LogP contribution is 2.33. The SMILES string of the molecule is CCCNc1ccc2c3c(cccc13)C(=O)N(N)C2=O. The summed E-state index contributed by atoms with van der Waals surface area (Å²) in [6.07, 6.45) is 0.997. The van der Waals surface area contributed by atoms with Crippen molar-refractivity contribution >= 4 is 28.3 Å². The summed E-state index contributed by atoms with van der Waals surface area (Å²) in [6, 6.07) is 8.99. The van der Waals surface area contributed by atoms with Crippen molar-refractivity contribution in [2.75, 3.05) is 11.9 Å². The number of benzene rings is 2. The molecule has 0 radical (unpaired) electrons. The van der Waals surface area contributed by atoms with Gasteiger partial charge in [0.15, 0.2) is 0 Å². The number of carbonyl (C=O) groups is 2. The van der Waals surface area contributed by atoms with E-state index in [0.717, 1.165) is 24.0 Å². The molecule has 5 heteroatoms. The average Bonchev–Trinajstić information content (AvgIpc) is 2.48. The third-order valence-corrected chi connectivity index (χ3v) is 3.50. The van der Waals surface area contributed by atoms with Crippen LogP contribution in [0.4, 0.5) is 5.69 Å². The Morgan fingerprint density at radius 3 is 2.50 bits per heavy atom. The minimum atomic E-state index is -0.458. The van der Waals surface area contributed by atoms with Gasteiger partial charge in [-0.3, -0.25) is 9.59 Å². The summed E-state index contributed by atoms with van der Waals surface area (Å²) in [5.41, 5.74) is 1.87. The van der Waals surface area contributed by atoms with Gasteiger partial charge >= 0.3 is 0 Å². The molecule has 0 aromatic heterocycles. The Morgan fingerprint density at radius 1 is 1.10 bits per heavy atom. The van der Waals surface area contributed by atoms with Crippen LogP contribution < -0.4 is 11.2 Å². The van der Waals surface area contributed by atoms with Crippen LogP contribution in [0.15, 0.2) is 30.3 Å². The molecule has 5 nitrogen and oxygen atoms in total. The number of anilines is 1. The highest BCUT2D eigenvalue weighted by Gasteiger charge is 2.31. The van der Waals surface area contributed by atoms with Gasteiger partial charge in [0, 0.05) is 23.0 Å². The second kappa shape index (κ2) is 4.61. The molecule has 0 atom stereocenters. The Balaban J connectivity index is 2.29. The van der Waals surface area contributed by atoms with Gasteiger partial charge in [0.2, 0.25) is 0 Å². The number of nitrogens with zero attached hydrogens (tertiary/aromatic N) is 1. The highest BCUT2D eigenvalue weighted by atomic mass is 16.2. The standard InChI is InChI=1S/C15H15N3O2/c1-2-8-17-12-7-6-11-13-9(12)4-3-5-10(13)14(19)18(16)15(11)20/h3-7,17H,2,8,16H2,1H3. The van der Waals surface area contributed by atoms with Crippen molar-refractivity contribution in [2.24, 2.45) is 5.84 Å². The van der Waals surface area contributed by atoms with E-state index < -0.39 is 11.8 Å². The van der Waals surface area contributed by atoms with Crippen molar-refractivity contribution in [3.8, 4) is 0 Å². The molecule has 2 aromatic rings. The van der Waals surface area contributed by atoms with Crippen molar-refractivity contribution in [3.63, 3.8) is 0 Å². The number of rotatable bonds is 3. The Kier molecular flexibility index (Phi) is 2.91. The summed E-state index contributed by atoms with van der Waals surface area (Å²) in [5, 5.41) is 5.55. The molecule has 2 amide bonds. The van der Waals surface area contributed by atoms with Crippen molar-refractivity contribution in [1.82, 2.24) is 5.01 Å². The molecular formula is C15H15N3O2. The van der Waals surface area contributed by atoms with Crippen LogP contribution in [0, 0.1) is 0 Å². The van der Waals surface area contributed by atoms with Gasteiger partial charge in [-0.1, -0.05) is 19.1 Å². The molecule has 1 aliphatic heterocycles. The van der Waals surface area contributed by atoms with Crippen molar-refractivity contribution in [1.29, 1.82) is 0 Å². The summed E-state index contributed by atoms with van der Waals surface area (Å²) in [7, 11) is 0. The summed E-state index contributed by atoms with van der Waals surface area (Å²) in [5.74, 6) is 4.63. The van der Waals surface area contributed by atoms with Gasteiger partial charge in [-0.2, -0.15) is 0 Å². The predicted octanol–water partition coefficient (Wildman–Crippen LogP) is 2.13. The number of hydrogen-bond donors (Lipinski definition) is 2.